The molecule has 0 saturated carbocycles. The van der Waals surface area contributed by atoms with Gasteiger partial charge in [0.2, 0.25) is 0 Å². The molecular weight excluding hydrogens is 178 g/mol. The SMILES string of the molecule is Cc1cc(N2CC(C)C(O)C2)ncn1. The van der Waals surface area contributed by atoms with Crippen LogP contribution >= 0.6 is 0 Å². The van der Waals surface area contributed by atoms with Gasteiger partial charge in [0.25, 0.3) is 0 Å². The number of β-amino-alcohol motifs (C(OH)–C–C–N with tert-alkyl or cyclic N) is 1. The predicted octanol–water partition coefficient (Wildman–Crippen LogP) is 0.602. The maximum absolute atomic E-state index is 9.61. The Kier molecular flexibility index (Phi) is 2.37. The topological polar surface area (TPSA) is 49.2 Å². The van der Waals surface area contributed by atoms with Crippen LogP contribution in [0.5, 0.6) is 0 Å². The summed E-state index contributed by atoms with van der Waals surface area (Å²) in [7, 11) is 0. The maximum Gasteiger partial charge on any atom is 0.132 e. The minimum absolute atomic E-state index is 0.231. The van der Waals surface area contributed by atoms with Gasteiger partial charge in [-0.3, -0.25) is 0 Å². The second-order valence-electron chi connectivity index (χ2n) is 3.97. The second kappa shape index (κ2) is 3.53. The van der Waals surface area contributed by atoms with Crippen LogP contribution in [-0.2, 0) is 0 Å². The Morgan fingerprint density at radius 2 is 2.21 bits per heavy atom. The molecule has 14 heavy (non-hydrogen) atoms. The van der Waals surface area contributed by atoms with Crippen LogP contribution in [0.2, 0.25) is 0 Å². The highest BCUT2D eigenvalue weighted by atomic mass is 16.3. The van der Waals surface area contributed by atoms with E-state index in [1.165, 1.54) is 0 Å². The number of aromatic nitrogens is 2. The molecular formula is C10H15N3O. The Balaban J connectivity index is 2.17. The van der Waals surface area contributed by atoms with E-state index in [0.717, 1.165) is 18.1 Å². The summed E-state index contributed by atoms with van der Waals surface area (Å²) in [6.45, 7) is 5.55. The van der Waals surface area contributed by atoms with Crippen molar-refractivity contribution in [3.63, 3.8) is 0 Å². The van der Waals surface area contributed by atoms with E-state index >= 15 is 0 Å². The third-order valence-electron chi connectivity index (χ3n) is 2.69. The average molecular weight is 193 g/mol. The van der Waals surface area contributed by atoms with Gasteiger partial charge in [-0.1, -0.05) is 6.92 Å². The highest BCUT2D eigenvalue weighted by Crippen LogP contribution is 2.21. The van der Waals surface area contributed by atoms with Crippen LogP contribution < -0.4 is 4.90 Å². The van der Waals surface area contributed by atoms with Crippen molar-refractivity contribution in [3.8, 4) is 0 Å². The van der Waals surface area contributed by atoms with Gasteiger partial charge in [0.1, 0.15) is 12.1 Å². The molecule has 4 heteroatoms. The summed E-state index contributed by atoms with van der Waals surface area (Å²) < 4.78 is 0. The van der Waals surface area contributed by atoms with Crippen molar-refractivity contribution in [2.24, 2.45) is 5.92 Å². The van der Waals surface area contributed by atoms with E-state index < -0.39 is 0 Å². The van der Waals surface area contributed by atoms with Crippen LogP contribution in [-0.4, -0.2) is 34.3 Å². The molecule has 2 heterocycles. The fourth-order valence-corrected chi connectivity index (χ4v) is 1.75. The van der Waals surface area contributed by atoms with Crippen LogP contribution in [0.1, 0.15) is 12.6 Å². The van der Waals surface area contributed by atoms with Crippen LogP contribution in [0.15, 0.2) is 12.4 Å². The van der Waals surface area contributed by atoms with E-state index in [2.05, 4.69) is 21.8 Å². The minimum atomic E-state index is -0.231. The van der Waals surface area contributed by atoms with Crippen LogP contribution in [0, 0.1) is 12.8 Å². The zero-order valence-corrected chi connectivity index (χ0v) is 8.51. The molecule has 0 aromatic carbocycles. The van der Waals surface area contributed by atoms with Crippen molar-refractivity contribution < 1.29 is 5.11 Å². The molecule has 2 atom stereocenters. The summed E-state index contributed by atoms with van der Waals surface area (Å²) >= 11 is 0. The van der Waals surface area contributed by atoms with E-state index in [0.29, 0.717) is 12.5 Å². The molecule has 1 aromatic heterocycles. The van der Waals surface area contributed by atoms with Crippen molar-refractivity contribution in [1.82, 2.24) is 9.97 Å². The molecule has 2 unspecified atom stereocenters. The summed E-state index contributed by atoms with van der Waals surface area (Å²) in [6.07, 6.45) is 1.34. The van der Waals surface area contributed by atoms with E-state index in [1.54, 1.807) is 6.33 Å². The number of aliphatic hydroxyl groups is 1. The van der Waals surface area contributed by atoms with Crippen molar-refractivity contribution >= 4 is 5.82 Å². The van der Waals surface area contributed by atoms with Gasteiger partial charge in [-0.2, -0.15) is 0 Å². The second-order valence-corrected chi connectivity index (χ2v) is 3.97. The first kappa shape index (κ1) is 9.40. The van der Waals surface area contributed by atoms with E-state index in [4.69, 9.17) is 0 Å². The highest BCUT2D eigenvalue weighted by Gasteiger charge is 2.28. The molecule has 76 valence electrons. The normalized spacial score (nSPS) is 26.9. The van der Waals surface area contributed by atoms with E-state index in [-0.39, 0.29) is 6.10 Å². The summed E-state index contributed by atoms with van der Waals surface area (Å²) in [4.78, 5) is 10.3. The predicted molar refractivity (Wildman–Crippen MR) is 54.2 cm³/mol. The Morgan fingerprint density at radius 1 is 1.43 bits per heavy atom. The highest BCUT2D eigenvalue weighted by molar-refractivity contribution is 5.40. The number of nitrogens with zero attached hydrogens (tertiary/aromatic N) is 3. The number of anilines is 1. The molecule has 1 saturated heterocycles. The lowest BCUT2D eigenvalue weighted by atomic mass is 10.1. The fraction of sp³-hybridized carbons (Fsp3) is 0.600. The zero-order valence-electron chi connectivity index (χ0n) is 8.51. The summed E-state index contributed by atoms with van der Waals surface area (Å²) in [5.74, 6) is 1.24. The number of hydrogen-bond acceptors (Lipinski definition) is 4. The summed E-state index contributed by atoms with van der Waals surface area (Å²) in [6, 6.07) is 1.95. The average Bonchev–Trinajstić information content (AvgIpc) is 2.47. The van der Waals surface area contributed by atoms with Gasteiger partial charge in [-0.15, -0.1) is 0 Å². The first-order valence-corrected chi connectivity index (χ1v) is 4.88. The molecule has 2 rings (SSSR count). The lowest BCUT2D eigenvalue weighted by Crippen LogP contribution is -2.22. The lowest BCUT2D eigenvalue weighted by Gasteiger charge is -2.16. The zero-order chi connectivity index (χ0) is 10.1. The van der Waals surface area contributed by atoms with Crippen LogP contribution in [0.3, 0.4) is 0 Å². The number of hydrogen-bond donors (Lipinski definition) is 1. The van der Waals surface area contributed by atoms with Crippen molar-refractivity contribution in [1.29, 1.82) is 0 Å². The number of rotatable bonds is 1. The number of aliphatic hydroxyl groups excluding tert-OH is 1. The van der Waals surface area contributed by atoms with E-state index in [1.807, 2.05) is 13.0 Å². The van der Waals surface area contributed by atoms with Crippen molar-refractivity contribution in [2.75, 3.05) is 18.0 Å². The standard InChI is InChI=1S/C10H15N3O/c1-7-4-13(5-9(7)14)10-3-8(2)11-6-12-10/h3,6-7,9,14H,4-5H2,1-2H3. The molecule has 0 radical (unpaired) electrons. The number of aryl methyl sites for hydroxylation is 1. The molecule has 1 fully saturated rings. The van der Waals surface area contributed by atoms with Gasteiger partial charge in [-0.05, 0) is 6.92 Å². The first-order valence-electron chi connectivity index (χ1n) is 4.88. The Hall–Kier alpha value is -1.16. The molecule has 0 aliphatic carbocycles. The smallest absolute Gasteiger partial charge is 0.132 e. The van der Waals surface area contributed by atoms with Crippen molar-refractivity contribution in [3.05, 3.63) is 18.1 Å². The molecule has 1 aliphatic heterocycles. The first-order chi connectivity index (χ1) is 6.66. The van der Waals surface area contributed by atoms with Crippen molar-refractivity contribution in [2.45, 2.75) is 20.0 Å². The fourth-order valence-electron chi connectivity index (χ4n) is 1.75. The quantitative estimate of drug-likeness (QED) is 0.709. The third kappa shape index (κ3) is 1.70. The third-order valence-corrected chi connectivity index (χ3v) is 2.69. The van der Waals surface area contributed by atoms with Gasteiger partial charge in [0.15, 0.2) is 0 Å². The van der Waals surface area contributed by atoms with Crippen LogP contribution in [0.4, 0.5) is 5.82 Å². The molecule has 1 aromatic rings. The Labute approximate surface area is 83.6 Å². The lowest BCUT2D eigenvalue weighted by molar-refractivity contribution is 0.157. The summed E-state index contributed by atoms with van der Waals surface area (Å²) in [5.41, 5.74) is 0.962. The van der Waals surface area contributed by atoms with Gasteiger partial charge in [-0.25, -0.2) is 9.97 Å². The molecule has 0 spiro atoms. The molecule has 1 aliphatic rings. The molecule has 1 N–H and O–H groups in total. The summed E-state index contributed by atoms with van der Waals surface area (Å²) in [5, 5.41) is 9.61. The minimum Gasteiger partial charge on any atom is -0.391 e. The molecule has 0 amide bonds. The Bertz CT molecular complexity index is 319. The molecule has 0 bridgehead atoms. The maximum atomic E-state index is 9.61. The molecule has 4 nitrogen and oxygen atoms in total. The largest absolute Gasteiger partial charge is 0.391 e. The van der Waals surface area contributed by atoms with Gasteiger partial charge >= 0.3 is 0 Å². The van der Waals surface area contributed by atoms with Gasteiger partial charge in [0, 0.05) is 30.8 Å². The van der Waals surface area contributed by atoms with Gasteiger partial charge in [0.05, 0.1) is 6.10 Å². The van der Waals surface area contributed by atoms with Crippen LogP contribution in [0.25, 0.3) is 0 Å². The Morgan fingerprint density at radius 3 is 2.79 bits per heavy atom. The monoisotopic (exact) mass is 193 g/mol. The van der Waals surface area contributed by atoms with Gasteiger partial charge < -0.3 is 10.0 Å². The van der Waals surface area contributed by atoms with E-state index in [9.17, 15) is 5.11 Å².